The van der Waals surface area contributed by atoms with Gasteiger partial charge in [0.05, 0.1) is 17.9 Å². The van der Waals surface area contributed by atoms with Gasteiger partial charge >= 0.3 is 6.18 Å². The zero-order valence-electron chi connectivity index (χ0n) is 11.6. The Morgan fingerprint density at radius 3 is 2.59 bits per heavy atom. The van der Waals surface area contributed by atoms with Gasteiger partial charge in [-0.3, -0.25) is 4.79 Å². The van der Waals surface area contributed by atoms with E-state index in [9.17, 15) is 18.0 Å². The van der Waals surface area contributed by atoms with Crippen LogP contribution in [0, 0.1) is 17.2 Å². The van der Waals surface area contributed by atoms with Crippen LogP contribution < -0.4 is 0 Å². The van der Waals surface area contributed by atoms with Crippen LogP contribution in [-0.4, -0.2) is 5.78 Å². The summed E-state index contributed by atoms with van der Waals surface area (Å²) in [5, 5.41) is 8.93. The lowest BCUT2D eigenvalue weighted by molar-refractivity contribution is -0.137. The van der Waals surface area contributed by atoms with Crippen molar-refractivity contribution in [1.82, 2.24) is 0 Å². The fourth-order valence-corrected chi connectivity index (χ4v) is 2.12. The highest BCUT2D eigenvalue weighted by atomic mass is 19.4. The molecule has 1 heterocycles. The number of benzene rings is 1. The SMILES string of the molecule is CC(=O)C(C#N)Cc1ccc(C(F)(F)F)c(-c2ccco2)c1. The van der Waals surface area contributed by atoms with Gasteiger partial charge in [0, 0.05) is 5.56 Å². The molecule has 0 fully saturated rings. The maximum absolute atomic E-state index is 13.1. The molecule has 0 aliphatic carbocycles. The molecule has 0 aliphatic rings. The molecule has 0 saturated heterocycles. The Labute approximate surface area is 125 Å². The minimum Gasteiger partial charge on any atom is -0.464 e. The van der Waals surface area contributed by atoms with Crippen molar-refractivity contribution in [3.05, 3.63) is 47.7 Å². The van der Waals surface area contributed by atoms with Crippen LogP contribution in [0.1, 0.15) is 18.1 Å². The van der Waals surface area contributed by atoms with Crippen LogP contribution in [0.2, 0.25) is 0 Å². The highest BCUT2D eigenvalue weighted by molar-refractivity contribution is 5.81. The molecule has 1 aromatic carbocycles. The van der Waals surface area contributed by atoms with Crippen molar-refractivity contribution in [1.29, 1.82) is 5.26 Å². The molecule has 2 aromatic rings. The number of hydrogen-bond donors (Lipinski definition) is 0. The quantitative estimate of drug-likeness (QED) is 0.849. The summed E-state index contributed by atoms with van der Waals surface area (Å²) < 4.78 is 44.3. The molecule has 2 rings (SSSR count). The van der Waals surface area contributed by atoms with Crippen molar-refractivity contribution < 1.29 is 22.4 Å². The zero-order chi connectivity index (χ0) is 16.3. The molecule has 1 atom stereocenters. The Morgan fingerprint density at radius 1 is 1.36 bits per heavy atom. The number of carbonyl (C=O) groups is 1. The minimum atomic E-state index is -4.52. The van der Waals surface area contributed by atoms with Gasteiger partial charge in [0.2, 0.25) is 0 Å². The number of nitrogens with zero attached hydrogens (tertiary/aromatic N) is 1. The average Bonchev–Trinajstić information content (AvgIpc) is 2.97. The molecular weight excluding hydrogens is 295 g/mol. The van der Waals surface area contributed by atoms with Crippen molar-refractivity contribution >= 4 is 5.78 Å². The monoisotopic (exact) mass is 307 g/mol. The predicted octanol–water partition coefficient (Wildman–Crippen LogP) is 4.24. The van der Waals surface area contributed by atoms with Crippen LogP contribution >= 0.6 is 0 Å². The number of Topliss-reactive ketones (excluding diaryl/α,β-unsaturated/α-hetero) is 1. The van der Waals surface area contributed by atoms with Crippen LogP contribution in [0.15, 0.2) is 41.0 Å². The van der Waals surface area contributed by atoms with Gasteiger partial charge in [-0.05, 0) is 43.2 Å². The molecule has 1 unspecified atom stereocenters. The van der Waals surface area contributed by atoms with Crippen LogP contribution in [0.4, 0.5) is 13.2 Å². The van der Waals surface area contributed by atoms with Crippen molar-refractivity contribution in [2.45, 2.75) is 19.5 Å². The van der Waals surface area contributed by atoms with Gasteiger partial charge < -0.3 is 4.42 Å². The number of nitriles is 1. The molecule has 0 bridgehead atoms. The van der Waals surface area contributed by atoms with Crippen LogP contribution in [0.3, 0.4) is 0 Å². The summed E-state index contributed by atoms with van der Waals surface area (Å²) in [6.07, 6.45) is -3.16. The maximum Gasteiger partial charge on any atom is 0.417 e. The molecular formula is C16H12F3NO2. The van der Waals surface area contributed by atoms with E-state index in [0.717, 1.165) is 6.07 Å². The Kier molecular flexibility index (Phi) is 4.36. The van der Waals surface area contributed by atoms with Crippen molar-refractivity contribution in [2.24, 2.45) is 5.92 Å². The number of carbonyl (C=O) groups excluding carboxylic acids is 1. The van der Waals surface area contributed by atoms with Crippen molar-refractivity contribution in [3.8, 4) is 17.4 Å². The van der Waals surface area contributed by atoms with Crippen LogP contribution in [-0.2, 0) is 17.4 Å². The maximum atomic E-state index is 13.1. The number of ketones is 1. The summed E-state index contributed by atoms with van der Waals surface area (Å²) in [7, 11) is 0. The van der Waals surface area contributed by atoms with Gasteiger partial charge in [0.1, 0.15) is 17.5 Å². The Hall–Kier alpha value is -2.55. The fraction of sp³-hybridized carbons (Fsp3) is 0.250. The average molecular weight is 307 g/mol. The summed E-state index contributed by atoms with van der Waals surface area (Å²) in [4.78, 5) is 11.3. The van der Waals surface area contributed by atoms with Gasteiger partial charge in [-0.25, -0.2) is 0 Å². The van der Waals surface area contributed by atoms with E-state index in [1.807, 2.05) is 6.07 Å². The molecule has 0 N–H and O–H groups in total. The first kappa shape index (κ1) is 15.8. The van der Waals surface area contributed by atoms with Crippen LogP contribution in [0.25, 0.3) is 11.3 Å². The minimum absolute atomic E-state index is 0.0671. The first-order valence-corrected chi connectivity index (χ1v) is 6.47. The molecule has 22 heavy (non-hydrogen) atoms. The molecule has 0 saturated carbocycles. The third-order valence-corrected chi connectivity index (χ3v) is 3.26. The number of hydrogen-bond acceptors (Lipinski definition) is 3. The fourth-order valence-electron chi connectivity index (χ4n) is 2.12. The summed E-state index contributed by atoms with van der Waals surface area (Å²) in [5.74, 6) is -1.10. The van der Waals surface area contributed by atoms with E-state index in [4.69, 9.17) is 9.68 Å². The first-order chi connectivity index (χ1) is 10.3. The third-order valence-electron chi connectivity index (χ3n) is 3.26. The molecule has 0 amide bonds. The topological polar surface area (TPSA) is 54.0 Å². The zero-order valence-corrected chi connectivity index (χ0v) is 11.6. The van der Waals surface area contributed by atoms with Gasteiger partial charge in [0.25, 0.3) is 0 Å². The van der Waals surface area contributed by atoms with Crippen molar-refractivity contribution in [3.63, 3.8) is 0 Å². The summed E-state index contributed by atoms with van der Waals surface area (Å²) in [6.45, 7) is 1.28. The smallest absolute Gasteiger partial charge is 0.417 e. The van der Waals surface area contributed by atoms with E-state index in [1.54, 1.807) is 0 Å². The molecule has 6 heteroatoms. The van der Waals surface area contributed by atoms with E-state index in [2.05, 4.69) is 0 Å². The second-order valence-corrected chi connectivity index (χ2v) is 4.85. The predicted molar refractivity (Wildman–Crippen MR) is 72.6 cm³/mol. The second-order valence-electron chi connectivity index (χ2n) is 4.85. The summed E-state index contributed by atoms with van der Waals surface area (Å²) >= 11 is 0. The number of halogens is 3. The number of alkyl halides is 3. The molecule has 1 aromatic heterocycles. The van der Waals surface area contributed by atoms with Gasteiger partial charge in [-0.1, -0.05) is 6.07 Å². The number of furan rings is 1. The van der Waals surface area contributed by atoms with E-state index >= 15 is 0 Å². The normalized spacial score (nSPS) is 12.7. The summed E-state index contributed by atoms with van der Waals surface area (Å²) in [6, 6.07) is 8.32. The van der Waals surface area contributed by atoms with Crippen LogP contribution in [0.5, 0.6) is 0 Å². The van der Waals surface area contributed by atoms with E-state index in [0.29, 0.717) is 5.56 Å². The third kappa shape index (κ3) is 3.37. The van der Waals surface area contributed by atoms with Gasteiger partial charge in [0.15, 0.2) is 0 Å². The lowest BCUT2D eigenvalue weighted by atomic mass is 9.93. The first-order valence-electron chi connectivity index (χ1n) is 6.47. The largest absolute Gasteiger partial charge is 0.464 e. The second kappa shape index (κ2) is 6.06. The molecule has 0 spiro atoms. The van der Waals surface area contributed by atoms with E-state index in [1.165, 1.54) is 37.5 Å². The Morgan fingerprint density at radius 2 is 2.09 bits per heavy atom. The Balaban J connectivity index is 2.47. The highest BCUT2D eigenvalue weighted by Gasteiger charge is 2.34. The van der Waals surface area contributed by atoms with Gasteiger partial charge in [-0.2, -0.15) is 18.4 Å². The summed E-state index contributed by atoms with van der Waals surface area (Å²) in [5.41, 5.74) is -0.445. The van der Waals surface area contributed by atoms with Crippen molar-refractivity contribution in [2.75, 3.05) is 0 Å². The standard InChI is InChI=1S/C16H12F3NO2/c1-10(21)12(9-20)7-11-4-5-14(16(17,18)19)13(8-11)15-3-2-6-22-15/h2-6,8,12H,7H2,1H3. The molecule has 0 aliphatic heterocycles. The molecule has 3 nitrogen and oxygen atoms in total. The highest BCUT2D eigenvalue weighted by Crippen LogP contribution is 2.38. The van der Waals surface area contributed by atoms with E-state index < -0.39 is 17.7 Å². The number of rotatable bonds is 4. The molecule has 0 radical (unpaired) electrons. The Bertz CT molecular complexity index is 712. The molecule has 114 valence electrons. The van der Waals surface area contributed by atoms with Gasteiger partial charge in [-0.15, -0.1) is 0 Å². The lowest BCUT2D eigenvalue weighted by Gasteiger charge is -2.14. The lowest BCUT2D eigenvalue weighted by Crippen LogP contribution is -2.12. The van der Waals surface area contributed by atoms with E-state index in [-0.39, 0.29) is 23.5 Å².